The molecule has 0 amide bonds. The van der Waals surface area contributed by atoms with Crippen LogP contribution in [0.1, 0.15) is 10.5 Å². The first-order valence-corrected chi connectivity index (χ1v) is 6.22. The van der Waals surface area contributed by atoms with Crippen LogP contribution in [0.25, 0.3) is 27.9 Å². The van der Waals surface area contributed by atoms with Crippen LogP contribution < -0.4 is 0 Å². The van der Waals surface area contributed by atoms with Gasteiger partial charge in [0.1, 0.15) is 11.5 Å². The summed E-state index contributed by atoms with van der Waals surface area (Å²) >= 11 is 0. The molecule has 96 valence electrons. The lowest BCUT2D eigenvalue weighted by Crippen LogP contribution is -1.88. The number of rotatable bonds is 2. The lowest BCUT2D eigenvalue weighted by Gasteiger charge is -2.01. The molecule has 1 aromatic carbocycles. The number of imidazole rings is 2. The van der Waals surface area contributed by atoms with Crippen molar-refractivity contribution in [1.82, 2.24) is 19.4 Å². The largest absolute Gasteiger partial charge is 0.345 e. The van der Waals surface area contributed by atoms with E-state index in [1.54, 1.807) is 6.33 Å². The standard InChI is InChI=1S/C15H10N4O/c20-8-13-14-3-1-2-6-19(14)15(18-13)10-4-5-11-12(7-10)17-9-16-11/h1-9H,(H,16,17). The van der Waals surface area contributed by atoms with Gasteiger partial charge in [0.15, 0.2) is 6.29 Å². The van der Waals surface area contributed by atoms with E-state index in [1.807, 2.05) is 47.0 Å². The molecule has 0 bridgehead atoms. The second-order valence-corrected chi connectivity index (χ2v) is 4.53. The number of aldehydes is 1. The van der Waals surface area contributed by atoms with Gasteiger partial charge in [-0.15, -0.1) is 0 Å². The first kappa shape index (κ1) is 10.9. The Kier molecular flexibility index (Phi) is 2.20. The Hall–Kier alpha value is -2.95. The van der Waals surface area contributed by atoms with Gasteiger partial charge in [-0.05, 0) is 30.3 Å². The maximum absolute atomic E-state index is 11.1. The molecule has 20 heavy (non-hydrogen) atoms. The van der Waals surface area contributed by atoms with Gasteiger partial charge in [-0.3, -0.25) is 9.20 Å². The number of nitrogens with one attached hydrogen (secondary N) is 1. The predicted octanol–water partition coefficient (Wildman–Crippen LogP) is 2.69. The first-order valence-electron chi connectivity index (χ1n) is 6.22. The van der Waals surface area contributed by atoms with E-state index in [1.165, 1.54) is 0 Å². The molecule has 0 aliphatic carbocycles. The van der Waals surface area contributed by atoms with Crippen molar-refractivity contribution in [2.45, 2.75) is 0 Å². The van der Waals surface area contributed by atoms with E-state index in [9.17, 15) is 4.79 Å². The molecule has 0 spiro atoms. The highest BCUT2D eigenvalue weighted by atomic mass is 16.1. The topological polar surface area (TPSA) is 63.0 Å². The van der Waals surface area contributed by atoms with E-state index in [2.05, 4.69) is 15.0 Å². The molecule has 1 N–H and O–H groups in total. The van der Waals surface area contributed by atoms with Crippen molar-refractivity contribution in [3.05, 3.63) is 54.6 Å². The third-order valence-corrected chi connectivity index (χ3v) is 3.37. The zero-order chi connectivity index (χ0) is 13.5. The lowest BCUT2D eigenvalue weighted by molar-refractivity contribution is 0.112. The fourth-order valence-electron chi connectivity index (χ4n) is 2.43. The smallest absolute Gasteiger partial charge is 0.170 e. The number of hydrogen-bond acceptors (Lipinski definition) is 3. The molecular formula is C15H10N4O. The van der Waals surface area contributed by atoms with Crippen LogP contribution in [0.4, 0.5) is 0 Å². The molecule has 3 heterocycles. The van der Waals surface area contributed by atoms with E-state index in [0.29, 0.717) is 5.69 Å². The average molecular weight is 262 g/mol. The van der Waals surface area contributed by atoms with Gasteiger partial charge < -0.3 is 4.98 Å². The molecular weight excluding hydrogens is 252 g/mol. The van der Waals surface area contributed by atoms with E-state index in [0.717, 1.165) is 34.2 Å². The number of aromatic nitrogens is 4. The minimum absolute atomic E-state index is 0.449. The molecule has 5 heteroatoms. The summed E-state index contributed by atoms with van der Waals surface area (Å²) in [4.78, 5) is 22.9. The number of carbonyl (C=O) groups excluding carboxylic acids is 1. The first-order chi connectivity index (χ1) is 9.86. The Morgan fingerprint density at radius 2 is 2.15 bits per heavy atom. The molecule has 4 aromatic rings. The summed E-state index contributed by atoms with van der Waals surface area (Å²) in [6.45, 7) is 0. The summed E-state index contributed by atoms with van der Waals surface area (Å²) in [6, 6.07) is 11.6. The van der Waals surface area contributed by atoms with Crippen LogP contribution in [-0.4, -0.2) is 25.6 Å². The summed E-state index contributed by atoms with van der Waals surface area (Å²) in [5.41, 5.74) is 4.05. The van der Waals surface area contributed by atoms with Gasteiger partial charge in [0.05, 0.1) is 22.9 Å². The minimum atomic E-state index is 0.449. The quantitative estimate of drug-likeness (QED) is 0.565. The fraction of sp³-hybridized carbons (Fsp3) is 0. The van der Waals surface area contributed by atoms with Crippen molar-refractivity contribution >= 4 is 22.8 Å². The SMILES string of the molecule is O=Cc1nc(-c2ccc3nc[nH]c3c2)n2ccccc12. The molecule has 0 aliphatic rings. The fourth-order valence-corrected chi connectivity index (χ4v) is 2.43. The summed E-state index contributed by atoms with van der Waals surface area (Å²) in [5.74, 6) is 0.749. The molecule has 3 aromatic heterocycles. The molecule has 0 atom stereocenters. The van der Waals surface area contributed by atoms with Gasteiger partial charge in [0, 0.05) is 11.8 Å². The van der Waals surface area contributed by atoms with Crippen molar-refractivity contribution in [1.29, 1.82) is 0 Å². The van der Waals surface area contributed by atoms with Crippen LogP contribution >= 0.6 is 0 Å². The van der Waals surface area contributed by atoms with Crippen LogP contribution in [0, 0.1) is 0 Å². The Morgan fingerprint density at radius 1 is 1.20 bits per heavy atom. The zero-order valence-corrected chi connectivity index (χ0v) is 10.4. The van der Waals surface area contributed by atoms with Crippen molar-refractivity contribution in [3.63, 3.8) is 0 Å². The Balaban J connectivity index is 2.03. The highest BCUT2D eigenvalue weighted by molar-refractivity contribution is 5.87. The molecule has 0 aliphatic heterocycles. The Morgan fingerprint density at radius 3 is 3.05 bits per heavy atom. The van der Waals surface area contributed by atoms with E-state index in [-0.39, 0.29) is 0 Å². The molecule has 0 saturated carbocycles. The minimum Gasteiger partial charge on any atom is -0.345 e. The number of fused-ring (bicyclic) bond motifs is 2. The maximum atomic E-state index is 11.1. The molecule has 4 rings (SSSR count). The predicted molar refractivity (Wildman–Crippen MR) is 75.7 cm³/mol. The average Bonchev–Trinajstić information content (AvgIpc) is 3.10. The van der Waals surface area contributed by atoms with Gasteiger partial charge in [0.2, 0.25) is 0 Å². The normalized spacial score (nSPS) is 11.2. The van der Waals surface area contributed by atoms with Crippen LogP contribution in [0.2, 0.25) is 0 Å². The Labute approximate surface area is 113 Å². The van der Waals surface area contributed by atoms with Crippen molar-refractivity contribution in [2.75, 3.05) is 0 Å². The van der Waals surface area contributed by atoms with Crippen molar-refractivity contribution in [2.24, 2.45) is 0 Å². The molecule has 0 radical (unpaired) electrons. The lowest BCUT2D eigenvalue weighted by atomic mass is 10.2. The second kappa shape index (κ2) is 4.03. The van der Waals surface area contributed by atoms with Crippen molar-refractivity contribution in [3.8, 4) is 11.4 Å². The third kappa shape index (κ3) is 1.46. The van der Waals surface area contributed by atoms with E-state index >= 15 is 0 Å². The second-order valence-electron chi connectivity index (χ2n) is 4.53. The van der Waals surface area contributed by atoms with E-state index in [4.69, 9.17) is 0 Å². The monoisotopic (exact) mass is 262 g/mol. The number of pyridine rings is 1. The summed E-state index contributed by atoms with van der Waals surface area (Å²) in [7, 11) is 0. The van der Waals surface area contributed by atoms with Crippen LogP contribution in [0.15, 0.2) is 48.9 Å². The number of benzene rings is 1. The van der Waals surface area contributed by atoms with Gasteiger partial charge >= 0.3 is 0 Å². The molecule has 0 fully saturated rings. The van der Waals surface area contributed by atoms with Gasteiger partial charge in [-0.25, -0.2) is 9.97 Å². The van der Waals surface area contributed by atoms with Gasteiger partial charge in [-0.1, -0.05) is 6.07 Å². The molecule has 0 unspecified atom stereocenters. The number of hydrogen-bond donors (Lipinski definition) is 1. The number of aromatic amines is 1. The number of carbonyl (C=O) groups is 1. The van der Waals surface area contributed by atoms with E-state index < -0.39 is 0 Å². The molecule has 0 saturated heterocycles. The highest BCUT2D eigenvalue weighted by Gasteiger charge is 2.12. The molecule has 5 nitrogen and oxygen atoms in total. The van der Waals surface area contributed by atoms with Crippen molar-refractivity contribution < 1.29 is 4.79 Å². The summed E-state index contributed by atoms with van der Waals surface area (Å²) in [6.07, 6.45) is 4.35. The van der Waals surface area contributed by atoms with Crippen LogP contribution in [-0.2, 0) is 0 Å². The van der Waals surface area contributed by atoms with Gasteiger partial charge in [-0.2, -0.15) is 0 Å². The summed E-state index contributed by atoms with van der Waals surface area (Å²) < 4.78 is 1.92. The zero-order valence-electron chi connectivity index (χ0n) is 10.4. The number of H-pyrrole nitrogens is 1. The van der Waals surface area contributed by atoms with Crippen LogP contribution in [0.3, 0.4) is 0 Å². The summed E-state index contributed by atoms with van der Waals surface area (Å²) in [5, 5.41) is 0. The van der Waals surface area contributed by atoms with Crippen LogP contribution in [0.5, 0.6) is 0 Å². The highest BCUT2D eigenvalue weighted by Crippen LogP contribution is 2.24. The number of nitrogens with zero attached hydrogens (tertiary/aromatic N) is 3. The Bertz CT molecular complexity index is 935. The maximum Gasteiger partial charge on any atom is 0.170 e. The van der Waals surface area contributed by atoms with Gasteiger partial charge in [0.25, 0.3) is 0 Å². The third-order valence-electron chi connectivity index (χ3n) is 3.37.